The number of rotatable bonds is 9. The number of allylic oxidation sites excluding steroid dienone is 4. The summed E-state index contributed by atoms with van der Waals surface area (Å²) >= 11 is 0. The van der Waals surface area contributed by atoms with Gasteiger partial charge in [0, 0.05) is 41.8 Å². The third-order valence-electron chi connectivity index (χ3n) is 9.45. The Morgan fingerprint density at radius 3 is 1.81 bits per heavy atom. The SMILES string of the molecule is CCC1=C(C)c2cc3[nH]c(cc4[nH]c(cc5nc(c(OC(C)=O)c1n2)C(C)=C5CCC(=O)OC)c(CCC(=O)OC)c4C)c(C)c3CC. The second-order valence-corrected chi connectivity index (χ2v) is 12.2. The molecule has 0 atom stereocenters. The van der Waals surface area contributed by atoms with Crippen LogP contribution < -0.4 is 4.74 Å². The number of H-pyrrole nitrogens is 2. The van der Waals surface area contributed by atoms with Gasteiger partial charge in [-0.05, 0) is 116 Å². The fraction of sp³-hybridized carbons (Fsp3) is 0.395. The fourth-order valence-corrected chi connectivity index (χ4v) is 6.73. The number of aryl methyl sites for hydroxylation is 4. The lowest BCUT2D eigenvalue weighted by Crippen LogP contribution is -2.06. The molecular weight excluding hydrogens is 608 g/mol. The lowest BCUT2D eigenvalue weighted by Gasteiger charge is -2.10. The standard InChI is InChI=1S/C38H44N4O6/c1-10-24-19(3)28-16-29-21(5)26(12-14-34(44)46-8)32(40-29)18-33-27(13-15-35(45)47-9)22(6)36(42-33)38(48-23(7)43)37-25(11-2)20(4)30(41-37)17-31(24)39-28/h16-18,39-40H,10-15H2,1-9H3. The van der Waals surface area contributed by atoms with Crippen LogP contribution in [0.1, 0.15) is 105 Å². The maximum absolute atomic E-state index is 12.6. The van der Waals surface area contributed by atoms with Crippen LogP contribution >= 0.6 is 0 Å². The van der Waals surface area contributed by atoms with Gasteiger partial charge in [0.05, 0.1) is 25.6 Å². The third kappa shape index (κ3) is 6.43. The van der Waals surface area contributed by atoms with Crippen molar-refractivity contribution in [2.45, 2.75) is 87.0 Å². The Labute approximate surface area is 280 Å². The van der Waals surface area contributed by atoms with Crippen molar-refractivity contribution >= 4 is 62.3 Å². The van der Waals surface area contributed by atoms with Gasteiger partial charge in [0.25, 0.3) is 0 Å². The van der Waals surface area contributed by atoms with Crippen molar-refractivity contribution in [3.63, 3.8) is 0 Å². The van der Waals surface area contributed by atoms with Gasteiger partial charge in [-0.15, -0.1) is 0 Å². The zero-order valence-electron chi connectivity index (χ0n) is 29.3. The van der Waals surface area contributed by atoms with Gasteiger partial charge in [0.2, 0.25) is 0 Å². The minimum absolute atomic E-state index is 0.144. The van der Waals surface area contributed by atoms with Crippen LogP contribution in [-0.4, -0.2) is 52.1 Å². The maximum atomic E-state index is 12.6. The molecule has 0 amide bonds. The van der Waals surface area contributed by atoms with Gasteiger partial charge in [0.15, 0.2) is 5.75 Å². The summed E-state index contributed by atoms with van der Waals surface area (Å²) < 4.78 is 15.9. The van der Waals surface area contributed by atoms with E-state index in [1.54, 1.807) is 0 Å². The second kappa shape index (κ2) is 14.0. The Morgan fingerprint density at radius 1 is 0.667 bits per heavy atom. The smallest absolute Gasteiger partial charge is 0.308 e. The first-order valence-corrected chi connectivity index (χ1v) is 16.4. The number of hydrogen-bond acceptors (Lipinski definition) is 8. The summed E-state index contributed by atoms with van der Waals surface area (Å²) in [5.74, 6) is -0.844. The third-order valence-corrected chi connectivity index (χ3v) is 9.45. The van der Waals surface area contributed by atoms with E-state index in [1.807, 2.05) is 26.8 Å². The average molecular weight is 653 g/mol. The predicted octanol–water partition coefficient (Wildman–Crippen LogP) is 7.75. The summed E-state index contributed by atoms with van der Waals surface area (Å²) in [7, 11) is 2.75. The van der Waals surface area contributed by atoms with Crippen molar-refractivity contribution in [2.24, 2.45) is 0 Å². The Hall–Kier alpha value is -4.99. The van der Waals surface area contributed by atoms with Crippen LogP contribution in [0.2, 0.25) is 0 Å². The first kappa shape index (κ1) is 34.3. The summed E-state index contributed by atoms with van der Waals surface area (Å²) in [6.07, 6.45) is 2.64. The van der Waals surface area contributed by atoms with Crippen LogP contribution in [-0.2, 0) is 36.7 Å². The molecule has 48 heavy (non-hydrogen) atoms. The highest BCUT2D eigenvalue weighted by atomic mass is 16.5. The molecule has 0 spiro atoms. The van der Waals surface area contributed by atoms with Crippen molar-refractivity contribution < 1.29 is 28.6 Å². The van der Waals surface area contributed by atoms with E-state index < -0.39 is 5.97 Å². The minimum Gasteiger partial charge on any atom is -0.469 e. The van der Waals surface area contributed by atoms with E-state index in [-0.39, 0.29) is 30.5 Å². The van der Waals surface area contributed by atoms with Crippen molar-refractivity contribution in [3.05, 3.63) is 63.2 Å². The zero-order valence-corrected chi connectivity index (χ0v) is 29.3. The molecule has 0 saturated carbocycles. The summed E-state index contributed by atoms with van der Waals surface area (Å²) in [5, 5.41) is 0. The summed E-state index contributed by atoms with van der Waals surface area (Å²) in [6, 6.07) is 6.13. The Balaban J connectivity index is 1.99. The monoisotopic (exact) mass is 652 g/mol. The number of fused-ring (bicyclic) bond motifs is 8. The van der Waals surface area contributed by atoms with Gasteiger partial charge in [0.1, 0.15) is 11.4 Å². The second-order valence-electron chi connectivity index (χ2n) is 12.2. The number of hydrogen-bond donors (Lipinski definition) is 2. The number of aromatic amines is 2. The molecule has 3 aromatic rings. The number of ether oxygens (including phenoxy) is 3. The molecule has 0 radical (unpaired) electrons. The molecule has 0 aromatic carbocycles. The summed E-state index contributed by atoms with van der Waals surface area (Å²) in [5.41, 5.74) is 13.9. The number of aromatic nitrogens is 4. The number of esters is 3. The van der Waals surface area contributed by atoms with Crippen LogP contribution in [0.15, 0.2) is 18.2 Å². The number of carbonyl (C=O) groups excluding carboxylic acids is 3. The van der Waals surface area contributed by atoms with Crippen molar-refractivity contribution in [3.8, 4) is 5.75 Å². The van der Waals surface area contributed by atoms with Gasteiger partial charge < -0.3 is 24.2 Å². The summed E-state index contributed by atoms with van der Waals surface area (Å²) in [4.78, 5) is 54.6. The highest BCUT2D eigenvalue weighted by Gasteiger charge is 2.28. The van der Waals surface area contributed by atoms with E-state index in [1.165, 1.54) is 26.7 Å². The molecule has 0 unspecified atom stereocenters. The molecule has 252 valence electrons. The van der Waals surface area contributed by atoms with Gasteiger partial charge in [-0.2, -0.15) is 0 Å². The molecule has 10 nitrogen and oxygen atoms in total. The first-order valence-electron chi connectivity index (χ1n) is 16.4. The molecule has 0 fully saturated rings. The summed E-state index contributed by atoms with van der Waals surface area (Å²) in [6.45, 7) is 13.7. The molecule has 5 rings (SSSR count). The fourth-order valence-electron chi connectivity index (χ4n) is 6.73. The van der Waals surface area contributed by atoms with Gasteiger partial charge in [-0.3, -0.25) is 14.4 Å². The van der Waals surface area contributed by atoms with Crippen molar-refractivity contribution in [2.75, 3.05) is 14.2 Å². The Bertz CT molecular complexity index is 2060. The van der Waals surface area contributed by atoms with E-state index >= 15 is 0 Å². The molecule has 0 aliphatic carbocycles. The normalized spacial score (nSPS) is 12.9. The quantitative estimate of drug-likeness (QED) is 0.224. The maximum Gasteiger partial charge on any atom is 0.308 e. The topological polar surface area (TPSA) is 136 Å². The molecule has 10 heteroatoms. The lowest BCUT2D eigenvalue weighted by molar-refractivity contribution is -0.141. The number of carbonyl (C=O) groups is 3. The average Bonchev–Trinajstić information content (AvgIpc) is 3.73. The predicted molar refractivity (Wildman–Crippen MR) is 188 cm³/mol. The molecule has 2 aliphatic rings. The van der Waals surface area contributed by atoms with E-state index in [2.05, 4.69) is 42.9 Å². The van der Waals surface area contributed by atoms with Gasteiger partial charge in [-0.1, -0.05) is 13.8 Å². The molecule has 5 heterocycles. The molecule has 0 saturated heterocycles. The van der Waals surface area contributed by atoms with Crippen molar-refractivity contribution in [1.82, 2.24) is 19.9 Å². The van der Waals surface area contributed by atoms with E-state index in [0.29, 0.717) is 36.3 Å². The van der Waals surface area contributed by atoms with Crippen LogP contribution in [0.4, 0.5) is 0 Å². The number of nitrogens with zero attached hydrogens (tertiary/aromatic N) is 2. The highest BCUT2D eigenvalue weighted by molar-refractivity contribution is 5.99. The molecule has 2 N–H and O–H groups in total. The number of nitrogens with one attached hydrogen (secondary N) is 2. The molecule has 2 aliphatic heterocycles. The number of methoxy groups -OCH3 is 2. The molecular formula is C38H44N4O6. The van der Waals surface area contributed by atoms with Gasteiger partial charge >= 0.3 is 17.9 Å². The van der Waals surface area contributed by atoms with Crippen molar-refractivity contribution in [1.29, 1.82) is 0 Å². The minimum atomic E-state index is -0.486. The van der Waals surface area contributed by atoms with Crippen LogP contribution in [0.3, 0.4) is 0 Å². The van der Waals surface area contributed by atoms with E-state index in [0.717, 1.165) is 73.2 Å². The lowest BCUT2D eigenvalue weighted by atomic mass is 9.98. The molecule has 8 bridgehead atoms. The van der Waals surface area contributed by atoms with Crippen LogP contribution in [0.5, 0.6) is 5.75 Å². The largest absolute Gasteiger partial charge is 0.469 e. The first-order chi connectivity index (χ1) is 22.9. The zero-order chi connectivity index (χ0) is 34.9. The highest BCUT2D eigenvalue weighted by Crippen LogP contribution is 2.43. The molecule has 3 aromatic heterocycles. The van der Waals surface area contributed by atoms with E-state index in [9.17, 15) is 14.4 Å². The van der Waals surface area contributed by atoms with Gasteiger partial charge in [-0.25, -0.2) is 9.97 Å². The van der Waals surface area contributed by atoms with E-state index in [4.69, 9.17) is 24.2 Å². The Kier molecular flexibility index (Phi) is 10.0. The Morgan fingerprint density at radius 2 is 1.23 bits per heavy atom. The van der Waals surface area contributed by atoms with Crippen LogP contribution in [0.25, 0.3) is 44.4 Å². The van der Waals surface area contributed by atoms with Crippen LogP contribution in [0, 0.1) is 13.8 Å².